The summed E-state index contributed by atoms with van der Waals surface area (Å²) in [5.74, 6) is -2.13. The Balaban J connectivity index is 1.95. The minimum Gasteiger partial charge on any atom is -0.478 e. The largest absolute Gasteiger partial charge is 0.478 e. The topological polar surface area (TPSA) is 130 Å². The maximum absolute atomic E-state index is 12.6. The lowest BCUT2D eigenvalue weighted by molar-refractivity contribution is 0.0686. The molecule has 0 saturated carbocycles. The van der Waals surface area contributed by atoms with Crippen molar-refractivity contribution in [2.24, 2.45) is 0 Å². The van der Waals surface area contributed by atoms with Crippen molar-refractivity contribution in [1.82, 2.24) is 0 Å². The van der Waals surface area contributed by atoms with Gasteiger partial charge < -0.3 is 14.9 Å². The van der Waals surface area contributed by atoms with Gasteiger partial charge in [0, 0.05) is 6.07 Å². The highest BCUT2D eigenvalue weighted by molar-refractivity contribution is 9.11. The molecular weight excluding hydrogens is 486 g/mol. The second-order valence-electron chi connectivity index (χ2n) is 5.61. The molecule has 3 rings (SSSR count). The molecule has 3 N–H and O–H groups in total. The van der Waals surface area contributed by atoms with E-state index in [2.05, 4.69) is 20.7 Å². The molecule has 0 amide bonds. The quantitative estimate of drug-likeness (QED) is 0.437. The molecule has 0 unspecified atom stereocenters. The van der Waals surface area contributed by atoms with Gasteiger partial charge in [0.15, 0.2) is 0 Å². The minimum atomic E-state index is -4.01. The van der Waals surface area contributed by atoms with Crippen molar-refractivity contribution < 1.29 is 33.0 Å². The molecule has 2 aromatic carbocycles. The molecule has 150 valence electrons. The number of aromatic carboxylic acids is 2. The summed E-state index contributed by atoms with van der Waals surface area (Å²) in [6.45, 7) is 0. The molecule has 0 fully saturated rings. The normalized spacial score (nSPS) is 11.1. The predicted octanol–water partition coefficient (Wildman–Crippen LogP) is 4.50. The van der Waals surface area contributed by atoms with Crippen LogP contribution in [0.5, 0.6) is 11.5 Å². The number of hydrogen-bond acceptors (Lipinski definition) is 6. The lowest BCUT2D eigenvalue weighted by atomic mass is 10.1. The molecule has 0 bridgehead atoms. The summed E-state index contributed by atoms with van der Waals surface area (Å²) >= 11 is 4.15. The summed E-state index contributed by atoms with van der Waals surface area (Å²) in [6.07, 6.45) is 0. The molecule has 11 heteroatoms. The number of nitrogens with one attached hydrogen (secondary N) is 1. The van der Waals surface area contributed by atoms with Gasteiger partial charge in [-0.3, -0.25) is 4.72 Å². The number of carbonyl (C=O) groups is 2. The van der Waals surface area contributed by atoms with Gasteiger partial charge in [0.2, 0.25) is 0 Å². The first-order valence-electron chi connectivity index (χ1n) is 7.82. The molecule has 0 aliphatic carbocycles. The Labute approximate surface area is 177 Å². The fourth-order valence-corrected chi connectivity index (χ4v) is 5.40. The molecule has 0 spiro atoms. The van der Waals surface area contributed by atoms with E-state index in [-0.39, 0.29) is 32.5 Å². The first kappa shape index (κ1) is 20.8. The fraction of sp³-hybridized carbons (Fsp3) is 0. The van der Waals surface area contributed by atoms with Crippen LogP contribution in [-0.2, 0) is 10.0 Å². The summed E-state index contributed by atoms with van der Waals surface area (Å²) in [5.41, 5.74) is -0.446. The van der Waals surface area contributed by atoms with Crippen molar-refractivity contribution >= 4 is 54.9 Å². The van der Waals surface area contributed by atoms with Gasteiger partial charge in [0.05, 0.1) is 20.6 Å². The molecule has 3 aromatic rings. The Morgan fingerprint density at radius 1 is 0.966 bits per heavy atom. The number of anilines is 1. The number of carboxylic acid groups (broad SMARTS) is 2. The van der Waals surface area contributed by atoms with Gasteiger partial charge in [-0.25, -0.2) is 18.0 Å². The SMILES string of the molecule is O=C(O)c1cccc(Oc2ccc(C(=O)O)c(NS(=O)(=O)c3ccc(Br)s3)c2)c1. The third kappa shape index (κ3) is 4.94. The van der Waals surface area contributed by atoms with Gasteiger partial charge in [-0.2, -0.15) is 0 Å². The zero-order chi connectivity index (χ0) is 21.2. The fourth-order valence-electron chi connectivity index (χ4n) is 2.32. The van der Waals surface area contributed by atoms with Gasteiger partial charge in [-0.1, -0.05) is 6.07 Å². The van der Waals surface area contributed by atoms with Gasteiger partial charge in [0.1, 0.15) is 15.7 Å². The van der Waals surface area contributed by atoms with Crippen LogP contribution >= 0.6 is 27.3 Å². The first-order valence-corrected chi connectivity index (χ1v) is 10.9. The van der Waals surface area contributed by atoms with Gasteiger partial charge in [0.25, 0.3) is 10.0 Å². The Hall–Kier alpha value is -2.89. The van der Waals surface area contributed by atoms with Crippen molar-refractivity contribution in [2.75, 3.05) is 4.72 Å². The van der Waals surface area contributed by atoms with Crippen LogP contribution in [0.1, 0.15) is 20.7 Å². The number of sulfonamides is 1. The van der Waals surface area contributed by atoms with Crippen LogP contribution in [0.3, 0.4) is 0 Å². The molecule has 0 radical (unpaired) electrons. The van der Waals surface area contributed by atoms with E-state index in [4.69, 9.17) is 9.84 Å². The van der Waals surface area contributed by atoms with Crippen molar-refractivity contribution in [3.63, 3.8) is 0 Å². The number of rotatable bonds is 7. The van der Waals surface area contributed by atoms with Crippen molar-refractivity contribution in [1.29, 1.82) is 0 Å². The average molecular weight is 498 g/mol. The number of carboxylic acids is 2. The van der Waals surface area contributed by atoms with Gasteiger partial charge in [-0.05, 0) is 58.4 Å². The van der Waals surface area contributed by atoms with Crippen molar-refractivity contribution in [3.8, 4) is 11.5 Å². The Kier molecular flexibility index (Phi) is 5.91. The molecule has 0 saturated heterocycles. The van der Waals surface area contributed by atoms with E-state index in [9.17, 15) is 23.1 Å². The first-order chi connectivity index (χ1) is 13.7. The van der Waals surface area contributed by atoms with Crippen LogP contribution in [0.4, 0.5) is 5.69 Å². The Bertz CT molecular complexity index is 1200. The Morgan fingerprint density at radius 2 is 1.69 bits per heavy atom. The van der Waals surface area contributed by atoms with Crippen LogP contribution in [0.2, 0.25) is 0 Å². The molecule has 0 atom stereocenters. The van der Waals surface area contributed by atoms with Crippen LogP contribution < -0.4 is 9.46 Å². The molecule has 1 heterocycles. The maximum Gasteiger partial charge on any atom is 0.337 e. The molecule has 0 aliphatic rings. The molecule has 8 nitrogen and oxygen atoms in total. The molecular formula is C18H12BrNO7S2. The summed E-state index contributed by atoms with van der Waals surface area (Å²) in [4.78, 5) is 22.6. The highest BCUT2D eigenvalue weighted by Gasteiger charge is 2.21. The Morgan fingerprint density at radius 3 is 2.31 bits per heavy atom. The van der Waals surface area contributed by atoms with Crippen molar-refractivity contribution in [3.05, 3.63) is 69.5 Å². The second-order valence-corrected chi connectivity index (χ2v) is 9.98. The van der Waals surface area contributed by atoms with Crippen LogP contribution in [0, 0.1) is 0 Å². The van der Waals surface area contributed by atoms with E-state index in [1.165, 1.54) is 48.5 Å². The van der Waals surface area contributed by atoms with E-state index < -0.39 is 22.0 Å². The van der Waals surface area contributed by atoms with Crippen molar-refractivity contribution in [2.45, 2.75) is 4.21 Å². The number of benzene rings is 2. The summed E-state index contributed by atoms with van der Waals surface area (Å²) in [7, 11) is -4.01. The average Bonchev–Trinajstić information content (AvgIpc) is 3.09. The summed E-state index contributed by atoms with van der Waals surface area (Å²) in [6, 6.07) is 12.4. The van der Waals surface area contributed by atoms with Crippen LogP contribution in [-0.4, -0.2) is 30.6 Å². The van der Waals surface area contributed by atoms with E-state index in [1.54, 1.807) is 6.07 Å². The lowest BCUT2D eigenvalue weighted by Crippen LogP contribution is -2.14. The monoisotopic (exact) mass is 497 g/mol. The molecule has 29 heavy (non-hydrogen) atoms. The van der Waals surface area contributed by atoms with Crippen LogP contribution in [0.15, 0.2) is 62.6 Å². The molecule has 1 aromatic heterocycles. The third-order valence-electron chi connectivity index (χ3n) is 3.60. The number of hydrogen-bond donors (Lipinski definition) is 3. The van der Waals surface area contributed by atoms with Gasteiger partial charge in [-0.15, -0.1) is 11.3 Å². The summed E-state index contributed by atoms with van der Waals surface area (Å²) in [5, 5.41) is 18.4. The van der Waals surface area contributed by atoms with E-state index >= 15 is 0 Å². The predicted molar refractivity (Wildman–Crippen MR) is 110 cm³/mol. The highest BCUT2D eigenvalue weighted by Crippen LogP contribution is 2.31. The minimum absolute atomic E-state index is 0.00111. The molecule has 0 aliphatic heterocycles. The van der Waals surface area contributed by atoms with E-state index in [0.717, 1.165) is 11.3 Å². The lowest BCUT2D eigenvalue weighted by Gasteiger charge is -2.12. The van der Waals surface area contributed by atoms with E-state index in [0.29, 0.717) is 3.79 Å². The smallest absolute Gasteiger partial charge is 0.337 e. The number of thiophene rings is 1. The number of halogens is 1. The zero-order valence-corrected chi connectivity index (χ0v) is 17.5. The van der Waals surface area contributed by atoms with E-state index in [1.807, 2.05) is 0 Å². The zero-order valence-electron chi connectivity index (χ0n) is 14.3. The van der Waals surface area contributed by atoms with Crippen LogP contribution in [0.25, 0.3) is 0 Å². The second kappa shape index (κ2) is 8.23. The summed E-state index contributed by atoms with van der Waals surface area (Å²) < 4.78 is 33.6. The number of ether oxygens (including phenoxy) is 1. The third-order valence-corrected chi connectivity index (χ3v) is 7.08. The highest BCUT2D eigenvalue weighted by atomic mass is 79.9. The standard InChI is InChI=1S/C18H12BrNO7S2/c19-15-6-7-16(28-15)29(25,26)20-14-9-12(4-5-13(14)18(23)24)27-11-3-1-2-10(8-11)17(21)22/h1-9,20H,(H,21,22)(H,23,24). The maximum atomic E-state index is 12.6. The van der Waals surface area contributed by atoms with Gasteiger partial charge >= 0.3 is 11.9 Å².